The number of hydrogen-bond acceptors (Lipinski definition) is 3. The topological polar surface area (TPSA) is 42.4 Å². The quantitative estimate of drug-likeness (QED) is 0.699. The Morgan fingerprint density at radius 1 is 1.00 bits per heavy atom. The normalized spacial score (nSPS) is 14.4. The second-order valence-corrected chi connectivity index (χ2v) is 6.66. The van der Waals surface area contributed by atoms with Gasteiger partial charge in [0.2, 0.25) is 0 Å². The molecule has 1 saturated heterocycles. The summed E-state index contributed by atoms with van der Waals surface area (Å²) in [5.41, 5.74) is 3.31. The van der Waals surface area contributed by atoms with Crippen LogP contribution in [0.1, 0.15) is 29.6 Å². The lowest BCUT2D eigenvalue weighted by Gasteiger charge is -2.27. The van der Waals surface area contributed by atoms with Crippen molar-refractivity contribution < 1.29 is 9.53 Å². The number of pyridine rings is 1. The van der Waals surface area contributed by atoms with Crippen molar-refractivity contribution in [3.63, 3.8) is 0 Å². The number of piperidine rings is 1. The molecule has 4 heteroatoms. The lowest BCUT2D eigenvalue weighted by atomic mass is 10.0. The van der Waals surface area contributed by atoms with Crippen LogP contribution in [0.5, 0.6) is 5.75 Å². The van der Waals surface area contributed by atoms with Gasteiger partial charge in [-0.15, -0.1) is 0 Å². The van der Waals surface area contributed by atoms with Gasteiger partial charge in [-0.25, -0.2) is 4.98 Å². The van der Waals surface area contributed by atoms with Crippen molar-refractivity contribution in [3.8, 4) is 17.0 Å². The van der Waals surface area contributed by atoms with Gasteiger partial charge in [-0.05, 0) is 43.5 Å². The zero-order valence-corrected chi connectivity index (χ0v) is 14.9. The van der Waals surface area contributed by atoms with Gasteiger partial charge >= 0.3 is 0 Å². The molecule has 0 bridgehead atoms. The average Bonchev–Trinajstić information content (AvgIpc) is 2.73. The summed E-state index contributed by atoms with van der Waals surface area (Å²) in [4.78, 5) is 19.9. The maximum Gasteiger partial charge on any atom is 0.254 e. The van der Waals surface area contributed by atoms with E-state index in [-0.39, 0.29) is 5.91 Å². The van der Waals surface area contributed by atoms with E-state index >= 15 is 0 Å². The predicted octanol–water partition coefficient (Wildman–Crippen LogP) is 4.54. The Kier molecular flexibility index (Phi) is 4.57. The van der Waals surface area contributed by atoms with Crippen LogP contribution in [0.3, 0.4) is 0 Å². The van der Waals surface area contributed by atoms with Crippen molar-refractivity contribution in [1.29, 1.82) is 0 Å². The van der Waals surface area contributed by atoms with E-state index in [4.69, 9.17) is 9.72 Å². The van der Waals surface area contributed by atoms with Crippen LogP contribution in [-0.2, 0) is 0 Å². The highest BCUT2D eigenvalue weighted by molar-refractivity contribution is 6.07. The third kappa shape index (κ3) is 3.15. The number of nitrogens with zero attached hydrogens (tertiary/aromatic N) is 2. The van der Waals surface area contributed by atoms with Crippen LogP contribution in [0, 0.1) is 0 Å². The summed E-state index contributed by atoms with van der Waals surface area (Å²) in [5, 5.41) is 0.912. The molecule has 1 aliphatic heterocycles. The highest BCUT2D eigenvalue weighted by atomic mass is 16.5. The van der Waals surface area contributed by atoms with E-state index in [1.54, 1.807) is 7.11 Å². The van der Waals surface area contributed by atoms with Crippen molar-refractivity contribution in [2.24, 2.45) is 0 Å². The van der Waals surface area contributed by atoms with Crippen molar-refractivity contribution in [1.82, 2.24) is 9.88 Å². The van der Waals surface area contributed by atoms with E-state index < -0.39 is 0 Å². The molecule has 0 aliphatic carbocycles. The third-order valence-corrected chi connectivity index (χ3v) is 4.96. The summed E-state index contributed by atoms with van der Waals surface area (Å²) in [7, 11) is 1.65. The number of likely N-dealkylation sites (tertiary alicyclic amines) is 1. The number of ether oxygens (including phenoxy) is 1. The molecule has 0 radical (unpaired) electrons. The average molecular weight is 346 g/mol. The van der Waals surface area contributed by atoms with Crippen LogP contribution in [0.2, 0.25) is 0 Å². The number of methoxy groups -OCH3 is 1. The van der Waals surface area contributed by atoms with Gasteiger partial charge < -0.3 is 9.64 Å². The molecule has 132 valence electrons. The fraction of sp³-hybridized carbons (Fsp3) is 0.273. The molecule has 0 atom stereocenters. The first-order chi connectivity index (χ1) is 12.8. The molecule has 0 spiro atoms. The molecule has 1 amide bonds. The Balaban J connectivity index is 1.84. The number of carbonyl (C=O) groups is 1. The molecule has 0 N–H and O–H groups in total. The Hall–Kier alpha value is -2.88. The number of para-hydroxylation sites is 1. The smallest absolute Gasteiger partial charge is 0.254 e. The van der Waals surface area contributed by atoms with E-state index in [0.29, 0.717) is 0 Å². The van der Waals surface area contributed by atoms with Crippen molar-refractivity contribution >= 4 is 16.8 Å². The zero-order valence-electron chi connectivity index (χ0n) is 14.9. The second kappa shape index (κ2) is 7.16. The summed E-state index contributed by atoms with van der Waals surface area (Å²) < 4.78 is 5.33. The SMILES string of the molecule is COc1cccc(-c2cc(C(=O)N3CCCCC3)c3ccccc3n2)c1. The highest BCUT2D eigenvalue weighted by Crippen LogP contribution is 2.28. The minimum atomic E-state index is 0.104. The van der Waals surface area contributed by atoms with Gasteiger partial charge in [-0.3, -0.25) is 4.79 Å². The first-order valence-electron chi connectivity index (χ1n) is 9.10. The Morgan fingerprint density at radius 3 is 2.62 bits per heavy atom. The minimum absolute atomic E-state index is 0.104. The Bertz CT molecular complexity index is 946. The van der Waals surface area contributed by atoms with Gasteiger partial charge in [0.25, 0.3) is 5.91 Å². The van der Waals surface area contributed by atoms with Gasteiger partial charge in [-0.2, -0.15) is 0 Å². The fourth-order valence-electron chi connectivity index (χ4n) is 3.55. The van der Waals surface area contributed by atoms with E-state index in [1.807, 2.05) is 59.5 Å². The molecule has 1 fully saturated rings. The molecule has 1 aliphatic rings. The van der Waals surface area contributed by atoms with Crippen LogP contribution in [0.15, 0.2) is 54.6 Å². The molecule has 3 aromatic rings. The summed E-state index contributed by atoms with van der Waals surface area (Å²) in [6.07, 6.45) is 3.37. The van der Waals surface area contributed by atoms with Gasteiger partial charge in [-0.1, -0.05) is 30.3 Å². The molecule has 1 aromatic heterocycles. The highest BCUT2D eigenvalue weighted by Gasteiger charge is 2.21. The largest absolute Gasteiger partial charge is 0.497 e. The number of benzene rings is 2. The summed E-state index contributed by atoms with van der Waals surface area (Å²) in [6, 6.07) is 17.6. The Labute approximate surface area is 153 Å². The second-order valence-electron chi connectivity index (χ2n) is 6.66. The minimum Gasteiger partial charge on any atom is -0.497 e. The van der Waals surface area contributed by atoms with E-state index in [9.17, 15) is 4.79 Å². The number of carbonyl (C=O) groups excluding carboxylic acids is 1. The number of rotatable bonds is 3. The van der Waals surface area contributed by atoms with Gasteiger partial charge in [0.15, 0.2) is 0 Å². The van der Waals surface area contributed by atoms with E-state index in [2.05, 4.69) is 0 Å². The first kappa shape index (κ1) is 16.6. The number of aromatic nitrogens is 1. The van der Waals surface area contributed by atoms with Crippen LogP contribution in [-0.4, -0.2) is 36.0 Å². The lowest BCUT2D eigenvalue weighted by molar-refractivity contribution is 0.0726. The molecule has 0 unspecified atom stereocenters. The molecule has 4 nitrogen and oxygen atoms in total. The summed E-state index contributed by atoms with van der Waals surface area (Å²) in [6.45, 7) is 1.67. The molecular formula is C22H22N2O2. The number of amides is 1. The summed E-state index contributed by atoms with van der Waals surface area (Å²) in [5.74, 6) is 0.883. The summed E-state index contributed by atoms with van der Waals surface area (Å²) >= 11 is 0. The maximum atomic E-state index is 13.2. The van der Waals surface area contributed by atoms with Gasteiger partial charge in [0.1, 0.15) is 5.75 Å². The first-order valence-corrected chi connectivity index (χ1v) is 9.10. The van der Waals surface area contributed by atoms with Gasteiger partial charge in [0, 0.05) is 24.0 Å². The molecular weight excluding hydrogens is 324 g/mol. The van der Waals surface area contributed by atoms with E-state index in [1.165, 1.54) is 6.42 Å². The molecule has 0 saturated carbocycles. The lowest BCUT2D eigenvalue weighted by Crippen LogP contribution is -2.35. The van der Waals surface area contributed by atoms with Crippen LogP contribution in [0.4, 0.5) is 0 Å². The van der Waals surface area contributed by atoms with Crippen molar-refractivity contribution in [2.45, 2.75) is 19.3 Å². The number of hydrogen-bond donors (Lipinski definition) is 0. The maximum absolute atomic E-state index is 13.2. The van der Waals surface area contributed by atoms with Crippen LogP contribution >= 0.6 is 0 Å². The van der Waals surface area contributed by atoms with Crippen molar-refractivity contribution in [2.75, 3.05) is 20.2 Å². The number of fused-ring (bicyclic) bond motifs is 1. The van der Waals surface area contributed by atoms with Crippen molar-refractivity contribution in [3.05, 3.63) is 60.2 Å². The Morgan fingerprint density at radius 2 is 1.81 bits per heavy atom. The standard InChI is InChI=1S/C22H22N2O2/c1-26-17-9-7-8-16(14-17)21-15-19(18-10-3-4-11-20(18)23-21)22(25)24-12-5-2-6-13-24/h3-4,7-11,14-15H,2,5-6,12-13H2,1H3. The third-order valence-electron chi connectivity index (χ3n) is 4.96. The van der Waals surface area contributed by atoms with Crippen LogP contribution in [0.25, 0.3) is 22.2 Å². The molecule has 26 heavy (non-hydrogen) atoms. The van der Waals surface area contributed by atoms with Gasteiger partial charge in [0.05, 0.1) is 23.9 Å². The fourth-order valence-corrected chi connectivity index (χ4v) is 3.55. The van der Waals surface area contributed by atoms with Crippen LogP contribution < -0.4 is 4.74 Å². The monoisotopic (exact) mass is 346 g/mol. The predicted molar refractivity (Wildman–Crippen MR) is 103 cm³/mol. The zero-order chi connectivity index (χ0) is 17.9. The molecule has 2 aromatic carbocycles. The molecule has 2 heterocycles. The van der Waals surface area contributed by atoms with E-state index in [0.717, 1.165) is 59.4 Å². The molecule has 4 rings (SSSR count).